The first-order valence-corrected chi connectivity index (χ1v) is 4.97. The van der Waals surface area contributed by atoms with Crippen LogP contribution < -0.4 is 11.5 Å². The molecular weight excluding hydrogens is 192 g/mol. The fourth-order valence-corrected chi connectivity index (χ4v) is 1.29. The van der Waals surface area contributed by atoms with Crippen LogP contribution in [0.3, 0.4) is 0 Å². The lowest BCUT2D eigenvalue weighted by Crippen LogP contribution is -2.25. The molecule has 0 fully saturated rings. The van der Waals surface area contributed by atoms with Crippen LogP contribution >= 0.6 is 0 Å². The zero-order valence-corrected chi connectivity index (χ0v) is 9.45. The highest BCUT2D eigenvalue weighted by molar-refractivity contribution is 5.37. The van der Waals surface area contributed by atoms with Crippen molar-refractivity contribution < 1.29 is 4.74 Å². The van der Waals surface area contributed by atoms with Crippen molar-refractivity contribution in [3.05, 3.63) is 17.6 Å². The van der Waals surface area contributed by atoms with E-state index >= 15 is 0 Å². The molecule has 0 radical (unpaired) electrons. The maximum absolute atomic E-state index is 5.74. The second-order valence-electron chi connectivity index (χ2n) is 3.75. The lowest BCUT2D eigenvalue weighted by molar-refractivity contribution is -0.0207. The first-order valence-electron chi connectivity index (χ1n) is 4.97. The molecule has 0 saturated heterocycles. The Labute approximate surface area is 89.9 Å². The molecule has 1 rings (SSSR count). The van der Waals surface area contributed by atoms with Gasteiger partial charge in [0.05, 0.1) is 0 Å². The summed E-state index contributed by atoms with van der Waals surface area (Å²) < 4.78 is 5.53. The van der Waals surface area contributed by atoms with E-state index in [4.69, 9.17) is 16.2 Å². The highest BCUT2D eigenvalue weighted by Crippen LogP contribution is 2.22. The maximum Gasteiger partial charge on any atom is 0.162 e. The van der Waals surface area contributed by atoms with Crippen LogP contribution in [0.15, 0.2) is 6.20 Å². The van der Waals surface area contributed by atoms with Gasteiger partial charge in [-0.15, -0.1) is 0 Å². The van der Waals surface area contributed by atoms with E-state index in [-0.39, 0.29) is 0 Å². The number of nitrogens with two attached hydrogens (primary N) is 2. The number of nitrogen functional groups attached to an aromatic ring is 1. The minimum atomic E-state index is -0.518. The number of nitrogens with zero attached hydrogens (tertiary/aromatic N) is 2. The van der Waals surface area contributed by atoms with E-state index in [0.717, 1.165) is 5.56 Å². The molecule has 0 aliphatic heterocycles. The van der Waals surface area contributed by atoms with Crippen molar-refractivity contribution in [3.63, 3.8) is 0 Å². The van der Waals surface area contributed by atoms with Crippen molar-refractivity contribution in [2.24, 2.45) is 5.73 Å². The van der Waals surface area contributed by atoms with Crippen LogP contribution in [0.5, 0.6) is 0 Å². The smallest absolute Gasteiger partial charge is 0.162 e. The minimum absolute atomic E-state index is 0.348. The predicted octanol–water partition coefficient (Wildman–Crippen LogP) is 0.789. The summed E-state index contributed by atoms with van der Waals surface area (Å²) in [5.74, 6) is 1.01. The standard InChI is InChI=1S/C10H18N4O/c1-4-15-10(2,3)9-13-6-7(5-11)8(12)14-9/h6H,4-5,11H2,1-3H3,(H2,12,13,14). The average molecular weight is 210 g/mol. The first-order chi connectivity index (χ1) is 7.01. The highest BCUT2D eigenvalue weighted by atomic mass is 16.5. The molecule has 0 unspecified atom stereocenters. The number of aromatic nitrogens is 2. The van der Waals surface area contributed by atoms with Crippen molar-refractivity contribution in [1.82, 2.24) is 9.97 Å². The van der Waals surface area contributed by atoms with Gasteiger partial charge in [0.25, 0.3) is 0 Å². The van der Waals surface area contributed by atoms with Crippen LogP contribution in [-0.2, 0) is 16.9 Å². The van der Waals surface area contributed by atoms with Gasteiger partial charge in [0.2, 0.25) is 0 Å². The van der Waals surface area contributed by atoms with Gasteiger partial charge in [-0.05, 0) is 20.8 Å². The van der Waals surface area contributed by atoms with Gasteiger partial charge in [-0.1, -0.05) is 0 Å². The third-order valence-electron chi connectivity index (χ3n) is 2.16. The predicted molar refractivity (Wildman–Crippen MR) is 59.0 cm³/mol. The van der Waals surface area contributed by atoms with E-state index in [2.05, 4.69) is 9.97 Å². The van der Waals surface area contributed by atoms with Crippen molar-refractivity contribution in [3.8, 4) is 0 Å². The van der Waals surface area contributed by atoms with Gasteiger partial charge in [-0.3, -0.25) is 0 Å². The van der Waals surface area contributed by atoms with Gasteiger partial charge in [0, 0.05) is 24.9 Å². The molecule has 4 N–H and O–H groups in total. The number of anilines is 1. The Balaban J connectivity index is 3.01. The minimum Gasteiger partial charge on any atom is -0.383 e. The Morgan fingerprint density at radius 3 is 2.60 bits per heavy atom. The summed E-state index contributed by atoms with van der Waals surface area (Å²) in [6.07, 6.45) is 1.65. The summed E-state index contributed by atoms with van der Waals surface area (Å²) >= 11 is 0. The third-order valence-corrected chi connectivity index (χ3v) is 2.16. The SMILES string of the molecule is CCOC(C)(C)c1ncc(CN)c(N)n1. The average Bonchev–Trinajstić information content (AvgIpc) is 2.17. The van der Waals surface area contributed by atoms with Gasteiger partial charge < -0.3 is 16.2 Å². The Hall–Kier alpha value is -1.20. The van der Waals surface area contributed by atoms with Crippen molar-refractivity contribution in [1.29, 1.82) is 0 Å². The Morgan fingerprint density at radius 2 is 2.13 bits per heavy atom. The van der Waals surface area contributed by atoms with Crippen LogP contribution in [0.2, 0.25) is 0 Å². The maximum atomic E-state index is 5.74. The Kier molecular flexibility index (Phi) is 3.60. The number of rotatable bonds is 4. The first kappa shape index (κ1) is 11.9. The van der Waals surface area contributed by atoms with E-state index < -0.39 is 5.60 Å². The molecule has 0 aliphatic carbocycles. The van der Waals surface area contributed by atoms with Crippen molar-refractivity contribution in [2.45, 2.75) is 32.9 Å². The molecule has 1 aromatic rings. The summed E-state index contributed by atoms with van der Waals surface area (Å²) in [6, 6.07) is 0. The monoisotopic (exact) mass is 210 g/mol. The van der Waals surface area contributed by atoms with Crippen molar-refractivity contribution >= 4 is 5.82 Å². The molecule has 0 bridgehead atoms. The Bertz CT molecular complexity index is 338. The lowest BCUT2D eigenvalue weighted by atomic mass is 10.1. The zero-order chi connectivity index (χ0) is 11.5. The van der Waals surface area contributed by atoms with Crippen LogP contribution in [0.1, 0.15) is 32.2 Å². The molecule has 1 heterocycles. The summed E-state index contributed by atoms with van der Waals surface area (Å²) in [6.45, 7) is 6.70. The van der Waals surface area contributed by atoms with E-state index in [0.29, 0.717) is 24.8 Å². The van der Waals surface area contributed by atoms with Gasteiger partial charge in [0.1, 0.15) is 11.4 Å². The molecule has 0 aliphatic rings. The lowest BCUT2D eigenvalue weighted by Gasteiger charge is -2.23. The highest BCUT2D eigenvalue weighted by Gasteiger charge is 2.24. The van der Waals surface area contributed by atoms with E-state index in [1.807, 2.05) is 20.8 Å². The van der Waals surface area contributed by atoms with Gasteiger partial charge in [0.15, 0.2) is 5.82 Å². The summed E-state index contributed by atoms with van der Waals surface area (Å²) in [5.41, 5.74) is 11.5. The molecule has 0 atom stereocenters. The summed E-state index contributed by atoms with van der Waals surface area (Å²) in [4.78, 5) is 8.40. The Morgan fingerprint density at radius 1 is 1.47 bits per heavy atom. The largest absolute Gasteiger partial charge is 0.383 e. The third kappa shape index (κ3) is 2.64. The van der Waals surface area contributed by atoms with Gasteiger partial charge in [-0.2, -0.15) is 0 Å². The van der Waals surface area contributed by atoms with Crippen LogP contribution in [0.4, 0.5) is 5.82 Å². The fourth-order valence-electron chi connectivity index (χ4n) is 1.29. The topological polar surface area (TPSA) is 87.0 Å². The number of hydrogen-bond donors (Lipinski definition) is 2. The normalized spacial score (nSPS) is 11.7. The molecule has 0 spiro atoms. The molecule has 1 aromatic heterocycles. The van der Waals surface area contributed by atoms with Crippen LogP contribution in [0.25, 0.3) is 0 Å². The van der Waals surface area contributed by atoms with Crippen molar-refractivity contribution in [2.75, 3.05) is 12.3 Å². The van der Waals surface area contributed by atoms with E-state index in [9.17, 15) is 0 Å². The molecule has 0 aromatic carbocycles. The number of hydrogen-bond acceptors (Lipinski definition) is 5. The second kappa shape index (κ2) is 4.55. The fraction of sp³-hybridized carbons (Fsp3) is 0.600. The van der Waals surface area contributed by atoms with E-state index in [1.165, 1.54) is 0 Å². The van der Waals surface area contributed by atoms with E-state index in [1.54, 1.807) is 6.20 Å². The molecule has 15 heavy (non-hydrogen) atoms. The molecule has 5 nitrogen and oxygen atoms in total. The molecule has 0 amide bonds. The van der Waals surface area contributed by atoms with Gasteiger partial charge in [-0.25, -0.2) is 9.97 Å². The van der Waals surface area contributed by atoms with Gasteiger partial charge >= 0.3 is 0 Å². The molecule has 5 heteroatoms. The van der Waals surface area contributed by atoms with Crippen LogP contribution in [-0.4, -0.2) is 16.6 Å². The zero-order valence-electron chi connectivity index (χ0n) is 9.45. The quantitative estimate of drug-likeness (QED) is 0.767. The summed E-state index contributed by atoms with van der Waals surface area (Å²) in [7, 11) is 0. The van der Waals surface area contributed by atoms with Crippen LogP contribution in [0, 0.1) is 0 Å². The summed E-state index contributed by atoms with van der Waals surface area (Å²) in [5, 5.41) is 0. The molecule has 0 saturated carbocycles. The molecule has 84 valence electrons. The second-order valence-corrected chi connectivity index (χ2v) is 3.75. The number of ether oxygens (including phenoxy) is 1. The molecular formula is C10H18N4O.